The zero-order valence-electron chi connectivity index (χ0n) is 10.0. The molecule has 94 valence electrons. The fourth-order valence-electron chi connectivity index (χ4n) is 2.38. The Morgan fingerprint density at radius 3 is 2.50 bits per heavy atom. The second kappa shape index (κ2) is 6.86. The summed E-state index contributed by atoms with van der Waals surface area (Å²) in [5.41, 5.74) is -0.454. The minimum Gasteiger partial charge on any atom is -0.481 e. The number of carbonyl (C=O) groups is 1. The monoisotopic (exact) mass is 230 g/mol. The molecule has 4 heteroatoms. The Morgan fingerprint density at radius 2 is 1.94 bits per heavy atom. The van der Waals surface area contributed by atoms with Crippen molar-refractivity contribution in [3.8, 4) is 0 Å². The van der Waals surface area contributed by atoms with Crippen molar-refractivity contribution in [2.75, 3.05) is 26.9 Å². The van der Waals surface area contributed by atoms with Crippen molar-refractivity contribution < 1.29 is 19.4 Å². The molecule has 1 N–H and O–H groups in total. The smallest absolute Gasteiger partial charge is 0.309 e. The average Bonchev–Trinajstić information content (AvgIpc) is 2.73. The topological polar surface area (TPSA) is 55.8 Å². The van der Waals surface area contributed by atoms with Gasteiger partial charge in [0, 0.05) is 13.7 Å². The predicted octanol–water partition coefficient (Wildman–Crippen LogP) is 2.07. The molecule has 1 aliphatic carbocycles. The third-order valence-electron chi connectivity index (χ3n) is 3.39. The van der Waals surface area contributed by atoms with Gasteiger partial charge >= 0.3 is 5.97 Å². The molecule has 0 unspecified atom stereocenters. The number of carboxylic acid groups (broad SMARTS) is 1. The van der Waals surface area contributed by atoms with Gasteiger partial charge in [-0.3, -0.25) is 4.79 Å². The van der Waals surface area contributed by atoms with E-state index in [9.17, 15) is 9.90 Å². The van der Waals surface area contributed by atoms with Crippen LogP contribution < -0.4 is 0 Å². The Hall–Kier alpha value is -0.610. The van der Waals surface area contributed by atoms with E-state index >= 15 is 0 Å². The Morgan fingerprint density at radius 1 is 1.25 bits per heavy atom. The Bertz CT molecular complexity index is 209. The second-order valence-electron chi connectivity index (χ2n) is 4.50. The van der Waals surface area contributed by atoms with Crippen LogP contribution in [0.25, 0.3) is 0 Å². The minimum atomic E-state index is -0.623. The number of hydrogen-bond acceptors (Lipinski definition) is 3. The van der Waals surface area contributed by atoms with Crippen molar-refractivity contribution in [2.24, 2.45) is 5.41 Å². The van der Waals surface area contributed by atoms with Crippen LogP contribution in [0.2, 0.25) is 0 Å². The number of methoxy groups -OCH3 is 1. The molecule has 1 aliphatic rings. The summed E-state index contributed by atoms with van der Waals surface area (Å²) in [5.74, 6) is -0.623. The van der Waals surface area contributed by atoms with E-state index in [4.69, 9.17) is 9.47 Å². The molecule has 1 fully saturated rings. The molecule has 0 heterocycles. The van der Waals surface area contributed by atoms with Crippen LogP contribution in [0.3, 0.4) is 0 Å². The average molecular weight is 230 g/mol. The van der Waals surface area contributed by atoms with Crippen molar-refractivity contribution in [1.29, 1.82) is 0 Å². The van der Waals surface area contributed by atoms with Gasteiger partial charge in [0.25, 0.3) is 0 Å². The molecule has 0 aromatic carbocycles. The van der Waals surface area contributed by atoms with Gasteiger partial charge in [0.1, 0.15) is 0 Å². The van der Waals surface area contributed by atoms with Gasteiger partial charge in [-0.05, 0) is 25.7 Å². The third kappa shape index (κ3) is 3.76. The lowest BCUT2D eigenvalue weighted by Gasteiger charge is -2.23. The summed E-state index contributed by atoms with van der Waals surface area (Å²) in [5, 5.41) is 9.24. The maximum Gasteiger partial charge on any atom is 0.309 e. The summed E-state index contributed by atoms with van der Waals surface area (Å²) < 4.78 is 10.2. The zero-order valence-corrected chi connectivity index (χ0v) is 10.0. The molecule has 0 aromatic rings. The van der Waals surface area contributed by atoms with Gasteiger partial charge < -0.3 is 14.6 Å². The van der Waals surface area contributed by atoms with E-state index < -0.39 is 11.4 Å². The molecule has 0 radical (unpaired) electrons. The lowest BCUT2D eigenvalue weighted by atomic mass is 9.82. The van der Waals surface area contributed by atoms with E-state index in [2.05, 4.69) is 0 Å². The molecule has 1 saturated carbocycles. The highest BCUT2D eigenvalue weighted by Gasteiger charge is 2.40. The van der Waals surface area contributed by atoms with E-state index in [0.29, 0.717) is 19.8 Å². The first-order valence-electron chi connectivity index (χ1n) is 6.01. The quantitative estimate of drug-likeness (QED) is 0.649. The van der Waals surface area contributed by atoms with Crippen LogP contribution in [0.4, 0.5) is 0 Å². The van der Waals surface area contributed by atoms with Crippen LogP contribution in [0, 0.1) is 5.41 Å². The van der Waals surface area contributed by atoms with Crippen LogP contribution in [-0.2, 0) is 14.3 Å². The lowest BCUT2D eigenvalue weighted by molar-refractivity contribution is -0.149. The lowest BCUT2D eigenvalue weighted by Crippen LogP contribution is -2.28. The van der Waals surface area contributed by atoms with Crippen molar-refractivity contribution in [2.45, 2.75) is 38.5 Å². The van der Waals surface area contributed by atoms with Crippen LogP contribution in [0.5, 0.6) is 0 Å². The highest BCUT2D eigenvalue weighted by atomic mass is 16.5. The summed E-state index contributed by atoms with van der Waals surface area (Å²) in [6, 6.07) is 0. The first-order chi connectivity index (χ1) is 7.71. The summed E-state index contributed by atoms with van der Waals surface area (Å²) >= 11 is 0. The largest absolute Gasteiger partial charge is 0.481 e. The maximum atomic E-state index is 11.2. The molecular weight excluding hydrogens is 208 g/mol. The van der Waals surface area contributed by atoms with E-state index in [1.165, 1.54) is 0 Å². The predicted molar refractivity (Wildman–Crippen MR) is 60.5 cm³/mol. The van der Waals surface area contributed by atoms with Gasteiger partial charge in [0.15, 0.2) is 0 Å². The summed E-state index contributed by atoms with van der Waals surface area (Å²) in [6.07, 6.45) is 5.35. The molecule has 1 rings (SSSR count). The molecular formula is C12H22O4. The molecule has 0 saturated heterocycles. The number of carboxylic acids is 1. The van der Waals surface area contributed by atoms with Gasteiger partial charge in [0.2, 0.25) is 0 Å². The molecule has 0 aromatic heterocycles. The molecule has 0 aliphatic heterocycles. The molecule has 0 spiro atoms. The van der Waals surface area contributed by atoms with E-state index in [0.717, 1.165) is 38.5 Å². The standard InChI is InChI=1S/C12H22O4/c1-15-9-10-16-8-4-7-12(11(13)14)5-2-3-6-12/h2-10H2,1H3,(H,13,14). The molecule has 0 amide bonds. The van der Waals surface area contributed by atoms with Gasteiger partial charge in [-0.15, -0.1) is 0 Å². The number of hydrogen-bond donors (Lipinski definition) is 1. The van der Waals surface area contributed by atoms with Crippen molar-refractivity contribution in [3.05, 3.63) is 0 Å². The first-order valence-corrected chi connectivity index (χ1v) is 6.01. The van der Waals surface area contributed by atoms with Crippen LogP contribution >= 0.6 is 0 Å². The first kappa shape index (κ1) is 13.5. The highest BCUT2D eigenvalue weighted by molar-refractivity contribution is 5.74. The SMILES string of the molecule is COCCOCCCC1(C(=O)O)CCCC1. The molecule has 0 bridgehead atoms. The van der Waals surface area contributed by atoms with Gasteiger partial charge in [0.05, 0.1) is 18.6 Å². The minimum absolute atomic E-state index is 0.454. The fraction of sp³-hybridized carbons (Fsp3) is 0.917. The maximum absolute atomic E-state index is 11.2. The number of rotatable bonds is 8. The Labute approximate surface area is 96.9 Å². The molecule has 4 nitrogen and oxygen atoms in total. The van der Waals surface area contributed by atoms with Crippen molar-refractivity contribution >= 4 is 5.97 Å². The molecule has 16 heavy (non-hydrogen) atoms. The van der Waals surface area contributed by atoms with Crippen molar-refractivity contribution in [3.63, 3.8) is 0 Å². The van der Waals surface area contributed by atoms with Gasteiger partial charge in [-0.25, -0.2) is 0 Å². The van der Waals surface area contributed by atoms with Gasteiger partial charge in [-0.1, -0.05) is 12.8 Å². The number of ether oxygens (including phenoxy) is 2. The van der Waals surface area contributed by atoms with Gasteiger partial charge in [-0.2, -0.15) is 0 Å². The number of aliphatic carboxylic acids is 1. The van der Waals surface area contributed by atoms with Crippen LogP contribution in [-0.4, -0.2) is 38.0 Å². The normalized spacial score (nSPS) is 18.8. The van der Waals surface area contributed by atoms with E-state index in [1.54, 1.807) is 7.11 Å². The van der Waals surface area contributed by atoms with E-state index in [1.807, 2.05) is 0 Å². The van der Waals surface area contributed by atoms with Crippen LogP contribution in [0.1, 0.15) is 38.5 Å². The summed E-state index contributed by atoms with van der Waals surface area (Å²) in [6.45, 7) is 1.83. The highest BCUT2D eigenvalue weighted by Crippen LogP contribution is 2.42. The molecule has 0 atom stereocenters. The Balaban J connectivity index is 2.16. The zero-order chi connectivity index (χ0) is 11.9. The van der Waals surface area contributed by atoms with E-state index in [-0.39, 0.29) is 0 Å². The van der Waals surface area contributed by atoms with Crippen LogP contribution in [0.15, 0.2) is 0 Å². The fourth-order valence-corrected chi connectivity index (χ4v) is 2.38. The summed E-state index contributed by atoms with van der Waals surface area (Å²) in [4.78, 5) is 11.2. The Kier molecular flexibility index (Phi) is 5.77. The third-order valence-corrected chi connectivity index (χ3v) is 3.39. The second-order valence-corrected chi connectivity index (χ2v) is 4.50. The van der Waals surface area contributed by atoms with Crippen molar-refractivity contribution in [1.82, 2.24) is 0 Å². The summed E-state index contributed by atoms with van der Waals surface area (Å²) in [7, 11) is 1.64.